The normalized spacial score (nSPS) is 13.8. The molecule has 0 aliphatic heterocycles. The Labute approximate surface area is 286 Å². The molecule has 8 heteroatoms. The number of nitrogens with zero attached hydrogens (tertiary/aromatic N) is 1. The molecule has 0 aromatic rings. The van der Waals surface area contributed by atoms with Gasteiger partial charge >= 0.3 is 17.9 Å². The maximum atomic E-state index is 12.5. The zero-order valence-electron chi connectivity index (χ0n) is 30.2. The number of esters is 2. The van der Waals surface area contributed by atoms with E-state index in [2.05, 4.69) is 62.5 Å². The minimum Gasteiger partial charge on any atom is -0.477 e. The average Bonchev–Trinajstić information content (AvgIpc) is 3.01. The summed E-state index contributed by atoms with van der Waals surface area (Å²) in [7, 11) is 5.48. The number of likely N-dealkylation sites (N-methyl/N-ethyl adjacent to an activating group) is 1. The summed E-state index contributed by atoms with van der Waals surface area (Å²) in [6, 6.07) is -0.623. The van der Waals surface area contributed by atoms with Crippen LogP contribution in [-0.2, 0) is 28.6 Å². The van der Waals surface area contributed by atoms with E-state index < -0.39 is 18.1 Å². The lowest BCUT2D eigenvalue weighted by molar-refractivity contribution is -0.887. The van der Waals surface area contributed by atoms with E-state index in [4.69, 9.17) is 14.2 Å². The van der Waals surface area contributed by atoms with E-state index >= 15 is 0 Å². The van der Waals surface area contributed by atoms with Crippen LogP contribution in [-0.4, -0.2) is 80.6 Å². The van der Waals surface area contributed by atoms with Gasteiger partial charge in [0.1, 0.15) is 6.61 Å². The Morgan fingerprint density at radius 1 is 0.660 bits per heavy atom. The minimum atomic E-state index is -0.889. The van der Waals surface area contributed by atoms with Gasteiger partial charge in [0.2, 0.25) is 0 Å². The molecule has 0 amide bonds. The zero-order chi connectivity index (χ0) is 35.0. The average molecular weight is 661 g/mol. The molecule has 8 nitrogen and oxygen atoms in total. The largest absolute Gasteiger partial charge is 0.477 e. The monoisotopic (exact) mass is 660 g/mol. The van der Waals surface area contributed by atoms with Crippen LogP contribution in [0.1, 0.15) is 117 Å². The third-order valence-electron chi connectivity index (χ3n) is 7.45. The third-order valence-corrected chi connectivity index (χ3v) is 7.45. The van der Waals surface area contributed by atoms with Gasteiger partial charge < -0.3 is 23.8 Å². The molecule has 0 radical (unpaired) electrons. The molecule has 0 aromatic carbocycles. The van der Waals surface area contributed by atoms with Crippen LogP contribution < -0.4 is 0 Å². The highest BCUT2D eigenvalue weighted by atomic mass is 16.6. The Bertz CT molecular complexity index is 959. The van der Waals surface area contributed by atoms with Gasteiger partial charge in [-0.1, -0.05) is 113 Å². The van der Waals surface area contributed by atoms with Crippen molar-refractivity contribution in [2.45, 2.75) is 129 Å². The summed E-state index contributed by atoms with van der Waals surface area (Å²) in [4.78, 5) is 36.5. The van der Waals surface area contributed by atoms with Gasteiger partial charge in [-0.2, -0.15) is 0 Å². The van der Waals surface area contributed by atoms with Crippen molar-refractivity contribution >= 4 is 17.9 Å². The second-order valence-electron chi connectivity index (χ2n) is 12.7. The van der Waals surface area contributed by atoms with Crippen molar-refractivity contribution in [1.29, 1.82) is 0 Å². The molecule has 0 heterocycles. The SMILES string of the molecule is CC/C=C/C/C=C/C/C=C/C/C=C/C/C=C/CCC(=O)OCC(COCCC(C(=O)O)[N+](C)(C)C)OC(=O)CCCCCCCCC. The van der Waals surface area contributed by atoms with Crippen molar-refractivity contribution in [3.05, 3.63) is 60.8 Å². The lowest BCUT2D eigenvalue weighted by Crippen LogP contribution is -2.50. The van der Waals surface area contributed by atoms with E-state index in [9.17, 15) is 19.5 Å². The molecule has 2 atom stereocenters. The summed E-state index contributed by atoms with van der Waals surface area (Å²) in [6.07, 6.45) is 34.4. The van der Waals surface area contributed by atoms with Crippen molar-refractivity contribution in [1.82, 2.24) is 0 Å². The van der Waals surface area contributed by atoms with Gasteiger partial charge in [-0.05, 0) is 44.9 Å². The van der Waals surface area contributed by atoms with Crippen LogP contribution in [0, 0.1) is 0 Å². The van der Waals surface area contributed by atoms with Crippen LogP contribution in [0.25, 0.3) is 0 Å². The number of carboxylic acid groups (broad SMARTS) is 1. The van der Waals surface area contributed by atoms with Gasteiger partial charge in [-0.15, -0.1) is 0 Å². The molecule has 0 rings (SSSR count). The van der Waals surface area contributed by atoms with Crippen LogP contribution in [0.2, 0.25) is 0 Å². The molecule has 0 saturated heterocycles. The smallest absolute Gasteiger partial charge is 0.362 e. The second kappa shape index (κ2) is 30.4. The van der Waals surface area contributed by atoms with Crippen molar-refractivity contribution in [2.24, 2.45) is 0 Å². The lowest BCUT2D eigenvalue weighted by atomic mass is 10.1. The van der Waals surface area contributed by atoms with Crippen LogP contribution >= 0.6 is 0 Å². The maximum absolute atomic E-state index is 12.5. The number of unbranched alkanes of at least 4 members (excludes halogenated alkanes) is 6. The molecule has 47 heavy (non-hydrogen) atoms. The van der Waals surface area contributed by atoms with Gasteiger partial charge in [0.25, 0.3) is 0 Å². The number of carboxylic acids is 1. The predicted octanol–water partition coefficient (Wildman–Crippen LogP) is 8.68. The Kier molecular flexibility index (Phi) is 28.4. The molecule has 1 N–H and O–H groups in total. The molecular formula is C39H66NO7+. The Morgan fingerprint density at radius 2 is 1.19 bits per heavy atom. The number of ether oxygens (including phenoxy) is 3. The van der Waals surface area contributed by atoms with Crippen molar-refractivity contribution in [2.75, 3.05) is 41.0 Å². The highest BCUT2D eigenvalue weighted by Crippen LogP contribution is 2.11. The molecule has 0 fully saturated rings. The lowest BCUT2D eigenvalue weighted by Gasteiger charge is -2.31. The summed E-state index contributed by atoms with van der Waals surface area (Å²) in [5.74, 6) is -1.59. The number of quaternary nitrogens is 1. The van der Waals surface area contributed by atoms with E-state index in [1.165, 1.54) is 25.7 Å². The highest BCUT2D eigenvalue weighted by molar-refractivity contribution is 5.72. The number of rotatable bonds is 30. The van der Waals surface area contributed by atoms with Crippen molar-refractivity contribution < 1.29 is 38.2 Å². The summed E-state index contributed by atoms with van der Waals surface area (Å²) in [6.45, 7) is 4.46. The van der Waals surface area contributed by atoms with Crippen LogP contribution in [0.4, 0.5) is 0 Å². The Hall–Kier alpha value is -2.97. The van der Waals surface area contributed by atoms with E-state index in [1.54, 1.807) is 0 Å². The maximum Gasteiger partial charge on any atom is 0.362 e. The molecule has 0 spiro atoms. The molecular weight excluding hydrogens is 594 g/mol. The second-order valence-corrected chi connectivity index (χ2v) is 12.7. The van der Waals surface area contributed by atoms with E-state index in [0.29, 0.717) is 19.3 Å². The van der Waals surface area contributed by atoms with Gasteiger partial charge in [0.15, 0.2) is 12.1 Å². The summed E-state index contributed by atoms with van der Waals surface area (Å²) in [5.41, 5.74) is 0. The standard InChI is InChI=1S/C39H65NO7/c1-6-8-10-12-14-15-16-17-18-19-20-21-22-24-25-27-29-37(41)46-34-35(33-45-32-31-36(39(43)44)40(3,4)5)47-38(42)30-28-26-23-13-11-9-7-2/h8,10,14-15,17-18,20-21,24-25,35-36H,6-7,9,11-13,16,19,22-23,26-34H2,1-5H3/p+1/b10-8+,15-14+,18-17+,21-20+,25-24+. The molecule has 0 aromatic heterocycles. The van der Waals surface area contributed by atoms with E-state index in [0.717, 1.165) is 51.4 Å². The van der Waals surface area contributed by atoms with E-state index in [-0.39, 0.29) is 42.7 Å². The van der Waals surface area contributed by atoms with Gasteiger partial charge in [-0.25, -0.2) is 4.79 Å². The summed E-state index contributed by atoms with van der Waals surface area (Å²) < 4.78 is 17.0. The van der Waals surface area contributed by atoms with Crippen molar-refractivity contribution in [3.63, 3.8) is 0 Å². The molecule has 0 aliphatic carbocycles. The molecule has 268 valence electrons. The summed E-state index contributed by atoms with van der Waals surface area (Å²) in [5, 5.41) is 9.54. The molecule has 0 saturated carbocycles. The first-order valence-corrected chi connectivity index (χ1v) is 17.8. The minimum absolute atomic E-state index is 0.0360. The van der Waals surface area contributed by atoms with Gasteiger partial charge in [0, 0.05) is 19.3 Å². The number of carbonyl (C=O) groups excluding carboxylic acids is 2. The van der Waals surface area contributed by atoms with Crippen LogP contribution in [0.5, 0.6) is 0 Å². The van der Waals surface area contributed by atoms with E-state index in [1.807, 2.05) is 33.3 Å². The number of aliphatic carboxylic acids is 1. The predicted molar refractivity (Wildman–Crippen MR) is 192 cm³/mol. The fourth-order valence-electron chi connectivity index (χ4n) is 4.67. The number of allylic oxidation sites excluding steroid dienone is 10. The van der Waals surface area contributed by atoms with Gasteiger partial charge in [0.05, 0.1) is 34.4 Å². The Morgan fingerprint density at radius 3 is 1.72 bits per heavy atom. The topological polar surface area (TPSA) is 99.1 Å². The number of hydrogen-bond donors (Lipinski definition) is 1. The summed E-state index contributed by atoms with van der Waals surface area (Å²) >= 11 is 0. The first-order valence-electron chi connectivity index (χ1n) is 17.8. The number of hydrogen-bond acceptors (Lipinski definition) is 6. The number of carbonyl (C=O) groups is 3. The fourth-order valence-corrected chi connectivity index (χ4v) is 4.67. The first-order chi connectivity index (χ1) is 22.6. The first kappa shape index (κ1) is 44.0. The van der Waals surface area contributed by atoms with Crippen LogP contribution in [0.15, 0.2) is 60.8 Å². The fraction of sp³-hybridized carbons (Fsp3) is 0.667. The van der Waals surface area contributed by atoms with Crippen molar-refractivity contribution in [3.8, 4) is 0 Å². The van der Waals surface area contributed by atoms with Crippen LogP contribution in [0.3, 0.4) is 0 Å². The molecule has 2 unspecified atom stereocenters. The molecule has 0 aliphatic rings. The zero-order valence-corrected chi connectivity index (χ0v) is 30.2. The van der Waals surface area contributed by atoms with Gasteiger partial charge in [-0.3, -0.25) is 9.59 Å². The Balaban J connectivity index is 4.52. The molecule has 0 bridgehead atoms. The quantitative estimate of drug-likeness (QED) is 0.0356. The third kappa shape index (κ3) is 28.9. The highest BCUT2D eigenvalue weighted by Gasteiger charge is 2.31.